The van der Waals surface area contributed by atoms with Crippen LogP contribution in [0.5, 0.6) is 0 Å². The van der Waals surface area contributed by atoms with Crippen LogP contribution in [-0.4, -0.2) is 49.7 Å². The average Bonchev–Trinajstić information content (AvgIpc) is 2.20. The summed E-state index contributed by atoms with van der Waals surface area (Å²) in [6.45, 7) is 9.60. The maximum absolute atomic E-state index is 9.70. The van der Waals surface area contributed by atoms with E-state index >= 15 is 0 Å². The van der Waals surface area contributed by atoms with E-state index in [0.717, 1.165) is 6.42 Å². The van der Waals surface area contributed by atoms with Crippen molar-refractivity contribution < 1.29 is 14.6 Å². The SMILES string of the molecule is CCC(COC)NCC(O)COC(C)(C)C. The zero-order valence-electron chi connectivity index (χ0n) is 11.2. The summed E-state index contributed by atoms with van der Waals surface area (Å²) in [6.07, 6.45) is 0.519. The van der Waals surface area contributed by atoms with Crippen LogP contribution in [0.2, 0.25) is 0 Å². The summed E-state index contributed by atoms with van der Waals surface area (Å²) in [5.74, 6) is 0. The molecule has 0 bridgehead atoms. The quantitative estimate of drug-likeness (QED) is 0.661. The third-order valence-corrected chi connectivity index (χ3v) is 2.21. The lowest BCUT2D eigenvalue weighted by Crippen LogP contribution is -2.40. The average molecular weight is 233 g/mol. The molecule has 0 aromatic heterocycles. The maximum Gasteiger partial charge on any atom is 0.0898 e. The fourth-order valence-corrected chi connectivity index (χ4v) is 1.23. The Kier molecular flexibility index (Phi) is 7.93. The van der Waals surface area contributed by atoms with Crippen LogP contribution in [0.4, 0.5) is 0 Å². The van der Waals surface area contributed by atoms with Crippen LogP contribution in [0, 0.1) is 0 Å². The van der Waals surface area contributed by atoms with E-state index < -0.39 is 6.10 Å². The first-order valence-electron chi connectivity index (χ1n) is 5.93. The molecular formula is C12H27NO3. The number of aliphatic hydroxyl groups excluding tert-OH is 1. The summed E-state index contributed by atoms with van der Waals surface area (Å²) in [4.78, 5) is 0. The molecule has 98 valence electrons. The van der Waals surface area contributed by atoms with Crippen LogP contribution in [0.15, 0.2) is 0 Å². The third-order valence-electron chi connectivity index (χ3n) is 2.21. The lowest BCUT2D eigenvalue weighted by molar-refractivity contribution is -0.0487. The van der Waals surface area contributed by atoms with Gasteiger partial charge >= 0.3 is 0 Å². The Balaban J connectivity index is 3.66. The summed E-state index contributed by atoms with van der Waals surface area (Å²) in [6, 6.07) is 0.300. The lowest BCUT2D eigenvalue weighted by Gasteiger charge is -2.23. The smallest absolute Gasteiger partial charge is 0.0898 e. The normalized spacial score (nSPS) is 16.1. The monoisotopic (exact) mass is 233 g/mol. The number of hydrogen-bond acceptors (Lipinski definition) is 4. The lowest BCUT2D eigenvalue weighted by atomic mass is 10.2. The molecular weight excluding hydrogens is 206 g/mol. The van der Waals surface area contributed by atoms with Gasteiger partial charge in [-0.3, -0.25) is 0 Å². The van der Waals surface area contributed by atoms with E-state index in [-0.39, 0.29) is 5.60 Å². The molecule has 0 saturated heterocycles. The Morgan fingerprint density at radius 1 is 1.25 bits per heavy atom. The molecule has 4 heteroatoms. The molecule has 0 aromatic carbocycles. The first kappa shape index (κ1) is 15.8. The third kappa shape index (κ3) is 9.09. The predicted molar refractivity (Wildman–Crippen MR) is 65.7 cm³/mol. The van der Waals surface area contributed by atoms with Crippen molar-refractivity contribution in [2.24, 2.45) is 0 Å². The standard InChI is InChI=1S/C12H27NO3/c1-6-10(8-15-5)13-7-11(14)9-16-12(2,3)4/h10-11,13-14H,6-9H2,1-5H3. The Labute approximate surface area is 99.3 Å². The molecule has 0 rings (SSSR count). The summed E-state index contributed by atoms with van der Waals surface area (Å²) < 4.78 is 10.6. The minimum atomic E-state index is -0.467. The molecule has 0 fully saturated rings. The molecule has 0 aromatic rings. The van der Waals surface area contributed by atoms with Gasteiger partial charge in [-0.2, -0.15) is 0 Å². The van der Waals surface area contributed by atoms with Crippen molar-refractivity contribution in [1.29, 1.82) is 0 Å². The van der Waals surface area contributed by atoms with Gasteiger partial charge in [0.25, 0.3) is 0 Å². The van der Waals surface area contributed by atoms with Gasteiger partial charge in [-0.05, 0) is 27.2 Å². The van der Waals surface area contributed by atoms with Crippen molar-refractivity contribution in [2.45, 2.75) is 51.9 Å². The van der Waals surface area contributed by atoms with Gasteiger partial charge in [0.1, 0.15) is 0 Å². The van der Waals surface area contributed by atoms with Gasteiger partial charge in [-0.1, -0.05) is 6.92 Å². The van der Waals surface area contributed by atoms with Crippen LogP contribution < -0.4 is 5.32 Å². The van der Waals surface area contributed by atoms with Crippen molar-refractivity contribution >= 4 is 0 Å². The molecule has 0 amide bonds. The number of aliphatic hydroxyl groups is 1. The van der Waals surface area contributed by atoms with Crippen molar-refractivity contribution in [3.63, 3.8) is 0 Å². The zero-order valence-corrected chi connectivity index (χ0v) is 11.2. The molecule has 0 aliphatic heterocycles. The summed E-state index contributed by atoms with van der Waals surface area (Å²) >= 11 is 0. The van der Waals surface area contributed by atoms with Crippen LogP contribution in [0.25, 0.3) is 0 Å². The number of nitrogens with one attached hydrogen (secondary N) is 1. The first-order valence-corrected chi connectivity index (χ1v) is 5.93. The molecule has 0 aliphatic carbocycles. The van der Waals surface area contributed by atoms with E-state index in [2.05, 4.69) is 12.2 Å². The predicted octanol–water partition coefficient (Wildman–Crippen LogP) is 1.18. The number of hydrogen-bond donors (Lipinski definition) is 2. The van der Waals surface area contributed by atoms with E-state index in [1.807, 2.05) is 20.8 Å². The van der Waals surface area contributed by atoms with Crippen LogP contribution in [-0.2, 0) is 9.47 Å². The van der Waals surface area contributed by atoms with Crippen molar-refractivity contribution in [3.05, 3.63) is 0 Å². The summed E-state index contributed by atoms with van der Waals surface area (Å²) in [5, 5.41) is 12.9. The molecule has 0 aliphatic rings. The van der Waals surface area contributed by atoms with Crippen molar-refractivity contribution in [3.8, 4) is 0 Å². The fraction of sp³-hybridized carbons (Fsp3) is 1.00. The summed E-state index contributed by atoms with van der Waals surface area (Å²) in [7, 11) is 1.68. The largest absolute Gasteiger partial charge is 0.389 e. The first-order chi connectivity index (χ1) is 7.39. The Morgan fingerprint density at radius 2 is 1.88 bits per heavy atom. The Morgan fingerprint density at radius 3 is 2.31 bits per heavy atom. The zero-order chi connectivity index (χ0) is 12.6. The molecule has 2 unspecified atom stereocenters. The number of ether oxygens (including phenoxy) is 2. The Hall–Kier alpha value is -0.160. The highest BCUT2D eigenvalue weighted by atomic mass is 16.5. The van der Waals surface area contributed by atoms with Gasteiger partial charge < -0.3 is 19.9 Å². The van der Waals surface area contributed by atoms with Gasteiger partial charge in [0.2, 0.25) is 0 Å². The highest BCUT2D eigenvalue weighted by Crippen LogP contribution is 2.06. The molecule has 2 atom stereocenters. The highest BCUT2D eigenvalue weighted by Gasteiger charge is 2.14. The van der Waals surface area contributed by atoms with Crippen LogP contribution in [0.3, 0.4) is 0 Å². The maximum atomic E-state index is 9.70. The van der Waals surface area contributed by atoms with Gasteiger partial charge in [0.05, 0.1) is 24.9 Å². The fourth-order valence-electron chi connectivity index (χ4n) is 1.23. The van der Waals surface area contributed by atoms with E-state index in [4.69, 9.17) is 9.47 Å². The number of methoxy groups -OCH3 is 1. The molecule has 0 spiro atoms. The molecule has 0 saturated carbocycles. The minimum absolute atomic E-state index is 0.197. The van der Waals surface area contributed by atoms with E-state index in [0.29, 0.717) is 25.8 Å². The van der Waals surface area contributed by atoms with E-state index in [9.17, 15) is 5.11 Å². The second-order valence-corrected chi connectivity index (χ2v) is 5.05. The Bertz CT molecular complexity index is 168. The number of rotatable bonds is 8. The van der Waals surface area contributed by atoms with Crippen molar-refractivity contribution in [1.82, 2.24) is 5.32 Å². The second-order valence-electron chi connectivity index (χ2n) is 5.05. The van der Waals surface area contributed by atoms with Gasteiger partial charge in [-0.15, -0.1) is 0 Å². The van der Waals surface area contributed by atoms with E-state index in [1.54, 1.807) is 7.11 Å². The molecule has 16 heavy (non-hydrogen) atoms. The molecule has 4 nitrogen and oxygen atoms in total. The topological polar surface area (TPSA) is 50.7 Å². The highest BCUT2D eigenvalue weighted by molar-refractivity contribution is 4.68. The summed E-state index contributed by atoms with van der Waals surface area (Å²) in [5.41, 5.74) is -0.197. The second kappa shape index (κ2) is 8.01. The van der Waals surface area contributed by atoms with Crippen LogP contribution >= 0.6 is 0 Å². The van der Waals surface area contributed by atoms with Gasteiger partial charge in [-0.25, -0.2) is 0 Å². The van der Waals surface area contributed by atoms with E-state index in [1.165, 1.54) is 0 Å². The minimum Gasteiger partial charge on any atom is -0.389 e. The molecule has 0 radical (unpaired) electrons. The molecule has 0 heterocycles. The molecule has 2 N–H and O–H groups in total. The van der Waals surface area contributed by atoms with Gasteiger partial charge in [0, 0.05) is 19.7 Å². The van der Waals surface area contributed by atoms with Gasteiger partial charge in [0.15, 0.2) is 0 Å². The van der Waals surface area contributed by atoms with Crippen LogP contribution in [0.1, 0.15) is 34.1 Å². The van der Waals surface area contributed by atoms with Crippen molar-refractivity contribution in [2.75, 3.05) is 26.9 Å².